The lowest BCUT2D eigenvalue weighted by Gasteiger charge is -2.19. The Hall–Kier alpha value is -1.99. The molecule has 0 radical (unpaired) electrons. The topological polar surface area (TPSA) is 188 Å². The normalized spacial score (nSPS) is 13.9. The second-order valence-corrected chi connectivity index (χ2v) is 5.54. The van der Waals surface area contributed by atoms with E-state index in [-0.39, 0.29) is 11.5 Å². The quantitative estimate of drug-likeness (QED) is 0.168. The minimum atomic E-state index is -1.53. The van der Waals surface area contributed by atoms with Crippen molar-refractivity contribution in [2.45, 2.75) is 24.5 Å². The largest absolute Gasteiger partial charge is 0.481 e. The van der Waals surface area contributed by atoms with Gasteiger partial charge in [-0.15, -0.1) is 0 Å². The molecule has 0 saturated carbocycles. The van der Waals surface area contributed by atoms with Crippen molar-refractivity contribution in [3.05, 3.63) is 0 Å². The third kappa shape index (κ3) is 9.16. The summed E-state index contributed by atoms with van der Waals surface area (Å²) in [5.41, 5.74) is 5.39. The number of carbonyl (C=O) groups excluding carboxylic acids is 3. The van der Waals surface area contributed by atoms with Crippen LogP contribution in [0.3, 0.4) is 0 Å². The van der Waals surface area contributed by atoms with E-state index in [9.17, 15) is 24.0 Å². The molecule has 0 aliphatic rings. The molecule has 13 heteroatoms. The van der Waals surface area contributed by atoms with Crippen molar-refractivity contribution in [3.8, 4) is 0 Å². The number of rotatable bonds is 11. The number of carboxylic acids is 2. The predicted molar refractivity (Wildman–Crippen MR) is 92.4 cm³/mol. The number of nitrogens with one attached hydrogen (secondary N) is 3. The molecule has 0 aromatic rings. The van der Waals surface area contributed by atoms with Crippen LogP contribution in [0, 0.1) is 0 Å². The second kappa shape index (κ2) is 11.5. The lowest BCUT2D eigenvalue weighted by Crippen LogP contribution is -2.54. The van der Waals surface area contributed by atoms with E-state index in [4.69, 9.17) is 15.9 Å². The van der Waals surface area contributed by atoms with E-state index in [1.807, 2.05) is 0 Å². The summed E-state index contributed by atoms with van der Waals surface area (Å²) in [4.78, 5) is 56.8. The van der Waals surface area contributed by atoms with Crippen LogP contribution < -0.4 is 21.7 Å². The molecule has 3 amide bonds. The van der Waals surface area contributed by atoms with Gasteiger partial charge in [-0.05, 0) is 0 Å². The summed E-state index contributed by atoms with van der Waals surface area (Å²) >= 11 is 7.58. The molecule has 0 saturated heterocycles. The van der Waals surface area contributed by atoms with Crippen molar-refractivity contribution < 1.29 is 34.2 Å². The molecule has 7 N–H and O–H groups in total. The van der Waals surface area contributed by atoms with Gasteiger partial charge in [0.2, 0.25) is 17.7 Å². The molecule has 0 rings (SSSR count). The first-order valence-electron chi connectivity index (χ1n) is 6.91. The Kier molecular flexibility index (Phi) is 10.6. The molecule has 11 nitrogen and oxygen atoms in total. The molecule has 0 fully saturated rings. The monoisotopic (exact) mass is 396 g/mol. The van der Waals surface area contributed by atoms with Gasteiger partial charge in [0.15, 0.2) is 0 Å². The number of aliphatic carboxylic acids is 2. The molecule has 142 valence electrons. The van der Waals surface area contributed by atoms with Gasteiger partial charge in [0.25, 0.3) is 0 Å². The smallest absolute Gasteiger partial charge is 0.327 e. The standard InChI is InChI=1S/C12H20N4O7S2/c13-5(3-24)10(20)14-2-8(17)15-6(1-9(18)19)11(21)16-7(4-25)12(22)23/h5-7,24-25H,1-4,13H2,(H,14,20)(H,15,17)(H,16,21)(H,18,19)(H,22,23). The highest BCUT2D eigenvalue weighted by Gasteiger charge is 2.27. The molecule has 0 aliphatic heterocycles. The highest BCUT2D eigenvalue weighted by atomic mass is 32.1. The van der Waals surface area contributed by atoms with Crippen LogP contribution in [-0.2, 0) is 24.0 Å². The number of carbonyl (C=O) groups is 5. The average Bonchev–Trinajstić information content (AvgIpc) is 2.54. The maximum absolute atomic E-state index is 12.0. The van der Waals surface area contributed by atoms with E-state index in [2.05, 4.69) is 41.2 Å². The zero-order chi connectivity index (χ0) is 19.6. The molecule has 0 spiro atoms. The van der Waals surface area contributed by atoms with E-state index in [1.165, 1.54) is 0 Å². The molecule has 3 atom stereocenters. The molecule has 0 bridgehead atoms. The van der Waals surface area contributed by atoms with E-state index >= 15 is 0 Å². The van der Waals surface area contributed by atoms with Gasteiger partial charge in [0.1, 0.15) is 12.1 Å². The zero-order valence-electron chi connectivity index (χ0n) is 13.0. The van der Waals surface area contributed by atoms with Gasteiger partial charge in [-0.2, -0.15) is 25.3 Å². The van der Waals surface area contributed by atoms with Crippen LogP contribution in [0.2, 0.25) is 0 Å². The summed E-state index contributed by atoms with van der Waals surface area (Å²) in [7, 11) is 0. The van der Waals surface area contributed by atoms with Crippen molar-refractivity contribution >= 4 is 54.9 Å². The van der Waals surface area contributed by atoms with Crippen LogP contribution in [0.15, 0.2) is 0 Å². The Bertz CT molecular complexity index is 532. The van der Waals surface area contributed by atoms with Gasteiger partial charge < -0.3 is 31.9 Å². The first-order chi connectivity index (χ1) is 11.6. The highest BCUT2D eigenvalue weighted by molar-refractivity contribution is 7.80. The third-order valence-electron chi connectivity index (χ3n) is 2.78. The Morgan fingerprint density at radius 3 is 1.96 bits per heavy atom. The SMILES string of the molecule is NC(CS)C(=O)NCC(=O)NC(CC(=O)O)C(=O)NC(CS)C(=O)O. The molecular weight excluding hydrogens is 376 g/mol. The van der Waals surface area contributed by atoms with Crippen molar-refractivity contribution in [1.29, 1.82) is 0 Å². The summed E-state index contributed by atoms with van der Waals surface area (Å²) in [6.45, 7) is -0.543. The Balaban J connectivity index is 4.78. The van der Waals surface area contributed by atoms with Crippen LogP contribution in [0.4, 0.5) is 0 Å². The molecule has 0 aromatic heterocycles. The first-order valence-corrected chi connectivity index (χ1v) is 8.18. The lowest BCUT2D eigenvalue weighted by atomic mass is 10.1. The number of hydrogen-bond acceptors (Lipinski definition) is 8. The average molecular weight is 396 g/mol. The number of nitrogens with two attached hydrogens (primary N) is 1. The second-order valence-electron chi connectivity index (χ2n) is 4.81. The van der Waals surface area contributed by atoms with E-state index in [0.29, 0.717) is 0 Å². The Morgan fingerprint density at radius 1 is 0.920 bits per heavy atom. The van der Waals surface area contributed by atoms with E-state index in [1.54, 1.807) is 0 Å². The van der Waals surface area contributed by atoms with Crippen LogP contribution in [0.25, 0.3) is 0 Å². The van der Waals surface area contributed by atoms with Gasteiger partial charge in [0.05, 0.1) is 19.0 Å². The van der Waals surface area contributed by atoms with Gasteiger partial charge in [-0.25, -0.2) is 4.79 Å². The number of carboxylic acid groups (broad SMARTS) is 2. The summed E-state index contributed by atoms with van der Waals surface area (Å²) in [5, 5.41) is 24.0. The van der Waals surface area contributed by atoms with Crippen LogP contribution in [-0.4, -0.2) is 76.0 Å². The molecule has 0 aliphatic carbocycles. The van der Waals surface area contributed by atoms with Crippen LogP contribution >= 0.6 is 25.3 Å². The van der Waals surface area contributed by atoms with Crippen LogP contribution in [0.5, 0.6) is 0 Å². The van der Waals surface area contributed by atoms with Crippen molar-refractivity contribution in [3.63, 3.8) is 0 Å². The molecule has 0 heterocycles. The van der Waals surface area contributed by atoms with Gasteiger partial charge in [0, 0.05) is 11.5 Å². The number of hydrogen-bond donors (Lipinski definition) is 8. The maximum atomic E-state index is 12.0. The summed E-state index contributed by atoms with van der Waals surface area (Å²) in [5.74, 6) is -5.43. The van der Waals surface area contributed by atoms with Crippen molar-refractivity contribution in [1.82, 2.24) is 16.0 Å². The fourth-order valence-corrected chi connectivity index (χ4v) is 1.88. The fourth-order valence-electron chi connectivity index (χ4n) is 1.47. The minimum Gasteiger partial charge on any atom is -0.481 e. The van der Waals surface area contributed by atoms with Crippen LogP contribution in [0.1, 0.15) is 6.42 Å². The molecule has 3 unspecified atom stereocenters. The first kappa shape index (κ1) is 23.0. The molecule has 0 aromatic carbocycles. The van der Waals surface area contributed by atoms with Gasteiger partial charge >= 0.3 is 11.9 Å². The minimum absolute atomic E-state index is 0.0534. The molecular formula is C12H20N4O7S2. The Labute approximate surface area is 153 Å². The predicted octanol–water partition coefficient (Wildman–Crippen LogP) is -3.18. The summed E-state index contributed by atoms with van der Waals surface area (Å²) < 4.78 is 0. The number of thiol groups is 2. The van der Waals surface area contributed by atoms with E-state index in [0.717, 1.165) is 0 Å². The van der Waals surface area contributed by atoms with E-state index < -0.39 is 60.8 Å². The lowest BCUT2D eigenvalue weighted by molar-refractivity contribution is -0.143. The summed E-state index contributed by atoms with van der Waals surface area (Å²) in [6.07, 6.45) is -0.777. The van der Waals surface area contributed by atoms with Crippen molar-refractivity contribution in [2.75, 3.05) is 18.1 Å². The summed E-state index contributed by atoms with van der Waals surface area (Å²) in [6, 6.07) is -3.81. The third-order valence-corrected chi connectivity index (χ3v) is 3.54. The maximum Gasteiger partial charge on any atom is 0.327 e. The number of amides is 3. The van der Waals surface area contributed by atoms with Gasteiger partial charge in [-0.1, -0.05) is 0 Å². The van der Waals surface area contributed by atoms with Gasteiger partial charge in [-0.3, -0.25) is 19.2 Å². The highest BCUT2D eigenvalue weighted by Crippen LogP contribution is 1.97. The fraction of sp³-hybridized carbons (Fsp3) is 0.583. The molecule has 25 heavy (non-hydrogen) atoms. The zero-order valence-corrected chi connectivity index (χ0v) is 14.8. The van der Waals surface area contributed by atoms with Crippen molar-refractivity contribution in [2.24, 2.45) is 5.73 Å². The Morgan fingerprint density at radius 2 is 1.52 bits per heavy atom.